The molecule has 4 amide bonds. The summed E-state index contributed by atoms with van der Waals surface area (Å²) >= 11 is 0. The van der Waals surface area contributed by atoms with Crippen LogP contribution in [0.5, 0.6) is 0 Å². The molecule has 42 heavy (non-hydrogen) atoms. The predicted octanol–water partition coefficient (Wildman–Crippen LogP) is 3.88. The van der Waals surface area contributed by atoms with Gasteiger partial charge in [0.2, 0.25) is 23.5 Å². The Kier molecular flexibility index (Phi) is 10.7. The van der Waals surface area contributed by atoms with Crippen LogP contribution in [0.4, 0.5) is 0 Å². The zero-order valence-electron chi connectivity index (χ0n) is 26.5. The molecule has 3 saturated carbocycles. The molecule has 1 heterocycles. The molecule has 4 aliphatic rings. The van der Waals surface area contributed by atoms with Gasteiger partial charge in [0, 0.05) is 18.5 Å². The number of hydrogen-bond donors (Lipinski definition) is 3. The molecule has 236 valence electrons. The van der Waals surface area contributed by atoms with Gasteiger partial charge in [-0.25, -0.2) is 0 Å². The minimum Gasteiger partial charge on any atom is -0.347 e. The standard InChI is InChI=1S/C33H54N4O5/c1-6-12-25(27(38)31(41)34-23-17-18-23)35-30(40)26-24-16-11-10-15-22(24)19-37(26)32(42)28(33(3,4)5)36-29(39)20(2)21-13-8-7-9-14-21/h20-26,28H,6-19H2,1-5H3,(H,34,41)(H,35,40)(H,36,39)/t20-,22?,24?,25-,26-,28-/m1/s1. The summed E-state index contributed by atoms with van der Waals surface area (Å²) in [7, 11) is 0. The molecular weight excluding hydrogens is 532 g/mol. The van der Waals surface area contributed by atoms with Gasteiger partial charge in [0.25, 0.3) is 5.91 Å². The molecule has 0 spiro atoms. The van der Waals surface area contributed by atoms with Crippen molar-refractivity contribution in [2.24, 2.45) is 29.1 Å². The predicted molar refractivity (Wildman–Crippen MR) is 161 cm³/mol. The van der Waals surface area contributed by atoms with Gasteiger partial charge in [-0.2, -0.15) is 0 Å². The van der Waals surface area contributed by atoms with Crippen molar-refractivity contribution in [2.45, 2.75) is 142 Å². The maximum absolute atomic E-state index is 14.4. The van der Waals surface area contributed by atoms with E-state index in [0.29, 0.717) is 25.3 Å². The van der Waals surface area contributed by atoms with Gasteiger partial charge in [0.1, 0.15) is 12.1 Å². The fraction of sp³-hybridized carbons (Fsp3) is 0.848. The number of Topliss-reactive ketones (excluding diaryl/α,β-unsaturated/α-hetero) is 1. The third-order valence-electron chi connectivity index (χ3n) is 10.2. The topological polar surface area (TPSA) is 125 Å². The van der Waals surface area contributed by atoms with Gasteiger partial charge in [0.05, 0.1) is 6.04 Å². The van der Waals surface area contributed by atoms with E-state index in [9.17, 15) is 24.0 Å². The second-order valence-electron chi connectivity index (χ2n) is 14.6. The molecule has 4 fully saturated rings. The van der Waals surface area contributed by atoms with Gasteiger partial charge in [-0.1, -0.05) is 73.1 Å². The van der Waals surface area contributed by atoms with Crippen LogP contribution < -0.4 is 16.0 Å². The highest BCUT2D eigenvalue weighted by Gasteiger charge is 2.51. The van der Waals surface area contributed by atoms with Crippen molar-refractivity contribution in [1.82, 2.24) is 20.9 Å². The molecule has 1 aliphatic heterocycles. The highest BCUT2D eigenvalue weighted by Crippen LogP contribution is 2.42. The van der Waals surface area contributed by atoms with Crippen LogP contribution in [0.3, 0.4) is 0 Å². The van der Waals surface area contributed by atoms with Crippen LogP contribution in [0.25, 0.3) is 0 Å². The molecule has 3 N–H and O–H groups in total. The molecule has 2 unspecified atom stereocenters. The summed E-state index contributed by atoms with van der Waals surface area (Å²) in [6.07, 6.45) is 12.1. The van der Waals surface area contributed by atoms with Crippen molar-refractivity contribution in [1.29, 1.82) is 0 Å². The highest BCUT2D eigenvalue weighted by molar-refractivity contribution is 6.38. The van der Waals surface area contributed by atoms with Crippen molar-refractivity contribution in [2.75, 3.05) is 6.54 Å². The molecule has 3 aliphatic carbocycles. The molecule has 0 aromatic carbocycles. The van der Waals surface area contributed by atoms with Crippen LogP contribution >= 0.6 is 0 Å². The van der Waals surface area contributed by atoms with Crippen LogP contribution in [0.2, 0.25) is 0 Å². The quantitative estimate of drug-likeness (QED) is 0.317. The van der Waals surface area contributed by atoms with E-state index in [2.05, 4.69) is 16.0 Å². The maximum Gasteiger partial charge on any atom is 0.289 e. The van der Waals surface area contributed by atoms with Gasteiger partial charge in [-0.3, -0.25) is 24.0 Å². The smallest absolute Gasteiger partial charge is 0.289 e. The molecule has 9 nitrogen and oxygen atoms in total. The first kappa shape index (κ1) is 32.5. The van der Waals surface area contributed by atoms with Crippen LogP contribution in [0.1, 0.15) is 118 Å². The number of ketones is 1. The van der Waals surface area contributed by atoms with Gasteiger partial charge in [0.15, 0.2) is 0 Å². The minimum atomic E-state index is -0.921. The highest BCUT2D eigenvalue weighted by atomic mass is 16.2. The second kappa shape index (κ2) is 13.9. The average molecular weight is 587 g/mol. The second-order valence-corrected chi connectivity index (χ2v) is 14.6. The van der Waals surface area contributed by atoms with E-state index in [1.165, 1.54) is 6.42 Å². The Balaban J connectivity index is 1.53. The summed E-state index contributed by atoms with van der Waals surface area (Å²) in [6, 6.07) is -2.37. The number of likely N-dealkylation sites (tertiary alicyclic amines) is 1. The zero-order valence-corrected chi connectivity index (χ0v) is 26.5. The molecule has 0 aromatic heterocycles. The minimum absolute atomic E-state index is 0.00199. The first-order valence-corrected chi connectivity index (χ1v) is 16.7. The van der Waals surface area contributed by atoms with E-state index in [4.69, 9.17) is 0 Å². The van der Waals surface area contributed by atoms with Gasteiger partial charge < -0.3 is 20.9 Å². The lowest BCUT2D eigenvalue weighted by Crippen LogP contribution is -2.60. The Morgan fingerprint density at radius 1 is 0.857 bits per heavy atom. The van der Waals surface area contributed by atoms with E-state index in [1.807, 2.05) is 34.6 Å². The van der Waals surface area contributed by atoms with E-state index in [0.717, 1.165) is 64.2 Å². The van der Waals surface area contributed by atoms with Crippen molar-refractivity contribution in [3.8, 4) is 0 Å². The first-order valence-electron chi connectivity index (χ1n) is 16.7. The molecule has 1 saturated heterocycles. The van der Waals surface area contributed by atoms with Crippen LogP contribution in [-0.4, -0.2) is 65.0 Å². The summed E-state index contributed by atoms with van der Waals surface area (Å²) < 4.78 is 0. The summed E-state index contributed by atoms with van der Waals surface area (Å²) in [5.74, 6) is -1.60. The van der Waals surface area contributed by atoms with E-state index in [1.54, 1.807) is 4.90 Å². The monoisotopic (exact) mass is 586 g/mol. The molecular formula is C33H54N4O5. The average Bonchev–Trinajstić information content (AvgIpc) is 3.69. The molecule has 0 bridgehead atoms. The fourth-order valence-corrected chi connectivity index (χ4v) is 7.43. The third-order valence-corrected chi connectivity index (χ3v) is 10.2. The fourth-order valence-electron chi connectivity index (χ4n) is 7.43. The normalized spacial score (nSPS) is 26.9. The third kappa shape index (κ3) is 7.73. The largest absolute Gasteiger partial charge is 0.347 e. The summed E-state index contributed by atoms with van der Waals surface area (Å²) in [4.78, 5) is 69.2. The number of amides is 4. The van der Waals surface area contributed by atoms with E-state index < -0.39 is 35.2 Å². The summed E-state index contributed by atoms with van der Waals surface area (Å²) in [5, 5.41) is 8.77. The number of nitrogens with one attached hydrogen (secondary N) is 3. The lowest BCUT2D eigenvalue weighted by atomic mass is 9.78. The Morgan fingerprint density at radius 3 is 2.12 bits per heavy atom. The first-order chi connectivity index (χ1) is 19.9. The Bertz CT molecular complexity index is 1010. The molecule has 4 rings (SSSR count). The number of hydrogen-bond acceptors (Lipinski definition) is 5. The lowest BCUT2D eigenvalue weighted by molar-refractivity contribution is -0.146. The van der Waals surface area contributed by atoms with E-state index >= 15 is 0 Å². The SMILES string of the molecule is CCC[C@@H](NC(=O)[C@H]1C2CCCCC2CN1C(=O)[C@@H](NC(=O)[C@H](C)C1CCCCC1)C(C)(C)C)C(=O)C(=O)NC1CC1. The Labute approximate surface area is 252 Å². The zero-order chi connectivity index (χ0) is 30.6. The lowest BCUT2D eigenvalue weighted by Gasteiger charge is -2.37. The molecule has 6 atom stereocenters. The van der Waals surface area contributed by atoms with Crippen molar-refractivity contribution in [3.63, 3.8) is 0 Å². The number of carbonyl (C=O) groups excluding carboxylic acids is 5. The Morgan fingerprint density at radius 2 is 1.50 bits per heavy atom. The van der Waals surface area contributed by atoms with Gasteiger partial charge >= 0.3 is 0 Å². The Hall–Kier alpha value is -2.45. The summed E-state index contributed by atoms with van der Waals surface area (Å²) in [6.45, 7) is 10.2. The van der Waals surface area contributed by atoms with E-state index in [-0.39, 0.29) is 41.5 Å². The molecule has 9 heteroatoms. The van der Waals surface area contributed by atoms with Crippen molar-refractivity contribution < 1.29 is 24.0 Å². The van der Waals surface area contributed by atoms with Gasteiger partial charge in [-0.05, 0) is 68.1 Å². The van der Waals surface area contributed by atoms with Crippen LogP contribution in [-0.2, 0) is 24.0 Å². The number of carbonyl (C=O) groups is 5. The number of nitrogens with zero attached hydrogens (tertiary/aromatic N) is 1. The summed E-state index contributed by atoms with van der Waals surface area (Å²) in [5.41, 5.74) is -0.560. The van der Waals surface area contributed by atoms with Crippen molar-refractivity contribution in [3.05, 3.63) is 0 Å². The molecule has 0 aromatic rings. The van der Waals surface area contributed by atoms with Crippen LogP contribution in [0.15, 0.2) is 0 Å². The maximum atomic E-state index is 14.4. The number of rotatable bonds is 11. The van der Waals surface area contributed by atoms with Crippen LogP contribution in [0, 0.1) is 29.1 Å². The van der Waals surface area contributed by atoms with Crippen molar-refractivity contribution >= 4 is 29.4 Å². The molecule has 0 radical (unpaired) electrons. The number of fused-ring (bicyclic) bond motifs is 1. The van der Waals surface area contributed by atoms with Gasteiger partial charge in [-0.15, -0.1) is 0 Å².